The van der Waals surface area contributed by atoms with E-state index in [1.807, 2.05) is 18.2 Å². The molecule has 22 heavy (non-hydrogen) atoms. The van der Waals surface area contributed by atoms with E-state index in [1.165, 1.54) is 5.56 Å². The lowest BCUT2D eigenvalue weighted by Gasteiger charge is -2.23. The van der Waals surface area contributed by atoms with Crippen LogP contribution in [0.25, 0.3) is 0 Å². The Hall–Kier alpha value is -2.20. The van der Waals surface area contributed by atoms with Crippen molar-refractivity contribution in [3.05, 3.63) is 70.8 Å². The molecule has 3 nitrogen and oxygen atoms in total. The Bertz CT molecular complexity index is 738. The van der Waals surface area contributed by atoms with Crippen LogP contribution in [0.3, 0.4) is 0 Å². The second-order valence-electron chi connectivity index (χ2n) is 6.63. The van der Waals surface area contributed by atoms with Crippen LogP contribution in [0.2, 0.25) is 13.1 Å². The van der Waals surface area contributed by atoms with Crippen LogP contribution in [0.5, 0.6) is 0 Å². The number of imide groups is 1. The quantitative estimate of drug-likeness (QED) is 0.696. The van der Waals surface area contributed by atoms with Gasteiger partial charge in [-0.25, -0.2) is 0 Å². The molecule has 1 aliphatic heterocycles. The van der Waals surface area contributed by atoms with Gasteiger partial charge >= 0.3 is 0 Å². The molecule has 3 rings (SSSR count). The number of fused-ring (bicyclic) bond motifs is 1. The van der Waals surface area contributed by atoms with Crippen LogP contribution in [0.15, 0.2) is 48.5 Å². The van der Waals surface area contributed by atoms with Crippen molar-refractivity contribution in [1.29, 1.82) is 0 Å². The Morgan fingerprint density at radius 1 is 0.864 bits per heavy atom. The molecule has 0 atom stereocenters. The minimum Gasteiger partial charge on any atom is -0.288 e. The maximum absolute atomic E-state index is 12.0. The SMILES string of the molecule is C[Si](C)(Cc1ccccc1)Cc1cccc2c1C(=O)NC2=O. The molecule has 112 valence electrons. The molecule has 2 aromatic rings. The smallest absolute Gasteiger partial charge is 0.259 e. The van der Waals surface area contributed by atoms with E-state index < -0.39 is 8.07 Å². The number of hydrogen-bond donors (Lipinski definition) is 1. The summed E-state index contributed by atoms with van der Waals surface area (Å²) < 4.78 is 0. The zero-order chi connectivity index (χ0) is 15.7. The first-order valence-corrected chi connectivity index (χ1v) is 10.9. The average Bonchev–Trinajstić information content (AvgIpc) is 2.75. The molecule has 0 aromatic heterocycles. The minimum atomic E-state index is -1.57. The second-order valence-corrected chi connectivity index (χ2v) is 11.7. The third kappa shape index (κ3) is 2.87. The van der Waals surface area contributed by atoms with Gasteiger partial charge in [0.25, 0.3) is 11.8 Å². The second kappa shape index (κ2) is 5.53. The Labute approximate surface area is 131 Å². The lowest BCUT2D eigenvalue weighted by atomic mass is 10.0. The van der Waals surface area contributed by atoms with Crippen LogP contribution < -0.4 is 5.32 Å². The lowest BCUT2D eigenvalue weighted by molar-refractivity contribution is 0.0879. The largest absolute Gasteiger partial charge is 0.288 e. The summed E-state index contributed by atoms with van der Waals surface area (Å²) in [7, 11) is -1.57. The summed E-state index contributed by atoms with van der Waals surface area (Å²) in [4.78, 5) is 23.8. The molecule has 0 saturated heterocycles. The minimum absolute atomic E-state index is 0.250. The first-order valence-electron chi connectivity index (χ1n) is 7.48. The standard InChI is InChI=1S/C18H19NO2Si/c1-22(2,11-13-7-4-3-5-8-13)12-14-9-6-10-15-16(14)18(21)19-17(15)20/h3-10H,11-12H2,1-2H3,(H,19,20,21). The van der Waals surface area contributed by atoms with Gasteiger partial charge in [-0.3, -0.25) is 14.9 Å². The van der Waals surface area contributed by atoms with E-state index in [-0.39, 0.29) is 11.8 Å². The van der Waals surface area contributed by atoms with Gasteiger partial charge in [0, 0.05) is 0 Å². The number of nitrogens with one attached hydrogen (secondary N) is 1. The zero-order valence-electron chi connectivity index (χ0n) is 12.8. The van der Waals surface area contributed by atoms with Gasteiger partial charge in [0.1, 0.15) is 0 Å². The highest BCUT2D eigenvalue weighted by Crippen LogP contribution is 2.25. The van der Waals surface area contributed by atoms with Crippen LogP contribution in [-0.2, 0) is 12.1 Å². The molecule has 0 bridgehead atoms. The van der Waals surface area contributed by atoms with Crippen molar-refractivity contribution in [2.75, 3.05) is 0 Å². The van der Waals surface area contributed by atoms with E-state index in [0.29, 0.717) is 11.1 Å². The number of carbonyl (C=O) groups is 2. The van der Waals surface area contributed by atoms with Crippen molar-refractivity contribution in [2.24, 2.45) is 0 Å². The maximum atomic E-state index is 12.0. The van der Waals surface area contributed by atoms with Gasteiger partial charge in [0.05, 0.1) is 19.2 Å². The van der Waals surface area contributed by atoms with E-state index in [1.54, 1.807) is 6.07 Å². The van der Waals surface area contributed by atoms with Gasteiger partial charge in [-0.1, -0.05) is 61.1 Å². The number of rotatable bonds is 4. The molecule has 2 aromatic carbocycles. The van der Waals surface area contributed by atoms with Gasteiger partial charge < -0.3 is 0 Å². The summed E-state index contributed by atoms with van der Waals surface area (Å²) >= 11 is 0. The molecular formula is C18H19NO2Si. The maximum Gasteiger partial charge on any atom is 0.259 e. The lowest BCUT2D eigenvalue weighted by Crippen LogP contribution is -2.33. The van der Waals surface area contributed by atoms with Crippen molar-refractivity contribution in [3.63, 3.8) is 0 Å². The molecule has 1 heterocycles. The molecule has 4 heteroatoms. The van der Waals surface area contributed by atoms with Crippen molar-refractivity contribution < 1.29 is 9.59 Å². The van der Waals surface area contributed by atoms with E-state index in [2.05, 4.69) is 42.7 Å². The van der Waals surface area contributed by atoms with Crippen molar-refractivity contribution in [1.82, 2.24) is 5.32 Å². The molecule has 2 amide bonds. The number of hydrogen-bond acceptors (Lipinski definition) is 2. The van der Waals surface area contributed by atoms with Gasteiger partial charge in [0.15, 0.2) is 0 Å². The Balaban J connectivity index is 1.87. The highest BCUT2D eigenvalue weighted by atomic mass is 28.3. The third-order valence-corrected chi connectivity index (χ3v) is 6.75. The highest BCUT2D eigenvalue weighted by molar-refractivity contribution is 6.76. The molecule has 0 saturated carbocycles. The fourth-order valence-electron chi connectivity index (χ4n) is 3.16. The average molecular weight is 309 g/mol. The first-order chi connectivity index (χ1) is 10.5. The monoisotopic (exact) mass is 309 g/mol. The number of carbonyl (C=O) groups excluding carboxylic acids is 2. The van der Waals surface area contributed by atoms with Crippen molar-refractivity contribution in [3.8, 4) is 0 Å². The summed E-state index contributed by atoms with van der Waals surface area (Å²) in [5, 5.41) is 2.40. The Morgan fingerprint density at radius 2 is 1.59 bits per heavy atom. The molecular weight excluding hydrogens is 290 g/mol. The van der Waals surface area contributed by atoms with Gasteiger partial charge in [-0.05, 0) is 23.7 Å². The molecule has 0 radical (unpaired) electrons. The van der Waals surface area contributed by atoms with E-state index in [4.69, 9.17) is 0 Å². The molecule has 0 aliphatic carbocycles. The van der Waals surface area contributed by atoms with E-state index in [0.717, 1.165) is 17.7 Å². The van der Waals surface area contributed by atoms with Gasteiger partial charge in [0.2, 0.25) is 0 Å². The summed E-state index contributed by atoms with van der Waals surface area (Å²) in [6.45, 7) is 4.65. The zero-order valence-corrected chi connectivity index (χ0v) is 13.8. The summed E-state index contributed by atoms with van der Waals surface area (Å²) in [5.41, 5.74) is 3.45. The molecule has 0 unspecified atom stereocenters. The van der Waals surface area contributed by atoms with Gasteiger partial charge in [-0.15, -0.1) is 0 Å². The first kappa shape index (κ1) is 14.7. The summed E-state index contributed by atoms with van der Waals surface area (Å²) in [6, 6.07) is 18.0. The highest BCUT2D eigenvalue weighted by Gasteiger charge is 2.31. The Morgan fingerprint density at radius 3 is 2.32 bits per heavy atom. The third-order valence-electron chi connectivity index (χ3n) is 4.04. The van der Waals surface area contributed by atoms with Gasteiger partial charge in [-0.2, -0.15) is 0 Å². The van der Waals surface area contributed by atoms with Crippen molar-refractivity contribution >= 4 is 19.9 Å². The fourth-order valence-corrected chi connectivity index (χ4v) is 5.96. The predicted octanol–water partition coefficient (Wildman–Crippen LogP) is 3.14. The Kier molecular flexibility index (Phi) is 3.70. The molecule has 1 aliphatic rings. The topological polar surface area (TPSA) is 46.2 Å². The number of amides is 2. The van der Waals surface area contributed by atoms with Crippen LogP contribution >= 0.6 is 0 Å². The predicted molar refractivity (Wildman–Crippen MR) is 89.6 cm³/mol. The molecule has 1 N–H and O–H groups in total. The summed E-state index contributed by atoms with van der Waals surface area (Å²) in [6.07, 6.45) is 0. The van der Waals surface area contributed by atoms with Crippen LogP contribution in [0.1, 0.15) is 31.8 Å². The molecule has 0 fully saturated rings. The van der Waals surface area contributed by atoms with E-state index in [9.17, 15) is 9.59 Å². The number of benzene rings is 2. The van der Waals surface area contributed by atoms with Crippen LogP contribution in [-0.4, -0.2) is 19.9 Å². The molecule has 0 spiro atoms. The van der Waals surface area contributed by atoms with Crippen molar-refractivity contribution in [2.45, 2.75) is 25.2 Å². The van der Waals surface area contributed by atoms with Crippen LogP contribution in [0.4, 0.5) is 0 Å². The van der Waals surface area contributed by atoms with Crippen LogP contribution in [0, 0.1) is 0 Å². The normalized spacial score (nSPS) is 13.9. The van der Waals surface area contributed by atoms with E-state index >= 15 is 0 Å². The fraction of sp³-hybridized carbons (Fsp3) is 0.222. The summed E-state index contributed by atoms with van der Waals surface area (Å²) in [5.74, 6) is -0.524.